The number of rotatable bonds is 5. The highest BCUT2D eigenvalue weighted by Crippen LogP contribution is 2.38. The number of benzene rings is 2. The number of carbonyl (C=O) groups is 1. The summed E-state index contributed by atoms with van der Waals surface area (Å²) in [5.74, 6) is 0.0319. The molecule has 0 atom stereocenters. The SMILES string of the molecule is CCc1cnc2c(C)cc(-c3ccccc3C(F)(F)F)nn12.Cc1cc(-c2ccccc2C(F)(F)F)nn2c(OC=O)cnc12.O=C=O. The molecule has 10 nitrogen and oxygen atoms in total. The van der Waals surface area contributed by atoms with Crippen molar-refractivity contribution in [1.82, 2.24) is 29.2 Å². The van der Waals surface area contributed by atoms with Crippen molar-refractivity contribution in [3.05, 3.63) is 101 Å². The summed E-state index contributed by atoms with van der Waals surface area (Å²) in [6.07, 6.45) is -4.97. The quantitative estimate of drug-likeness (QED) is 0.143. The third kappa shape index (κ3) is 7.39. The summed E-state index contributed by atoms with van der Waals surface area (Å²) in [6, 6.07) is 13.8. The summed E-state index contributed by atoms with van der Waals surface area (Å²) in [4.78, 5) is 35.1. The number of aryl methyl sites for hydroxylation is 3. The lowest BCUT2D eigenvalue weighted by atomic mass is 10.0. The minimum absolute atomic E-state index is 0.0319. The molecule has 0 unspecified atom stereocenters. The summed E-state index contributed by atoms with van der Waals surface area (Å²) >= 11 is 0. The molecule has 0 saturated heterocycles. The van der Waals surface area contributed by atoms with E-state index in [-0.39, 0.29) is 35.3 Å². The molecule has 2 aromatic carbocycles. The van der Waals surface area contributed by atoms with Crippen molar-refractivity contribution in [2.45, 2.75) is 39.5 Å². The Morgan fingerprint density at radius 1 is 0.750 bits per heavy atom. The second-order valence-electron chi connectivity index (χ2n) is 9.98. The number of alkyl halides is 6. The smallest absolute Gasteiger partial charge is 0.408 e. The maximum absolute atomic E-state index is 13.2. The minimum atomic E-state index is -4.50. The molecule has 48 heavy (non-hydrogen) atoms. The highest BCUT2D eigenvalue weighted by molar-refractivity contribution is 5.68. The van der Waals surface area contributed by atoms with E-state index in [2.05, 4.69) is 20.2 Å². The van der Waals surface area contributed by atoms with Crippen molar-refractivity contribution in [2.24, 2.45) is 0 Å². The van der Waals surface area contributed by atoms with Crippen LogP contribution in [-0.2, 0) is 33.2 Å². The Morgan fingerprint density at radius 2 is 1.19 bits per heavy atom. The summed E-state index contributed by atoms with van der Waals surface area (Å²) in [6.45, 7) is 5.67. The molecular formula is C32H24F6N6O4. The molecule has 0 amide bonds. The van der Waals surface area contributed by atoms with Crippen molar-refractivity contribution >= 4 is 23.9 Å². The monoisotopic (exact) mass is 670 g/mol. The lowest BCUT2D eigenvalue weighted by Crippen LogP contribution is -2.08. The molecule has 6 aromatic rings. The van der Waals surface area contributed by atoms with E-state index in [1.54, 1.807) is 29.8 Å². The van der Waals surface area contributed by atoms with Gasteiger partial charge in [-0.15, -0.1) is 0 Å². The number of hydrogen-bond acceptors (Lipinski definition) is 8. The average molecular weight is 671 g/mol. The van der Waals surface area contributed by atoms with E-state index >= 15 is 0 Å². The van der Waals surface area contributed by atoms with Gasteiger partial charge in [0.15, 0.2) is 11.3 Å². The van der Waals surface area contributed by atoms with E-state index in [4.69, 9.17) is 14.3 Å². The van der Waals surface area contributed by atoms with Crippen LogP contribution in [0.4, 0.5) is 26.3 Å². The van der Waals surface area contributed by atoms with Gasteiger partial charge in [0.1, 0.15) is 0 Å². The van der Waals surface area contributed by atoms with Crippen molar-refractivity contribution in [2.75, 3.05) is 0 Å². The van der Waals surface area contributed by atoms with Crippen molar-refractivity contribution < 1.29 is 45.5 Å². The van der Waals surface area contributed by atoms with Crippen LogP contribution in [0.1, 0.15) is 34.9 Å². The fourth-order valence-electron chi connectivity index (χ4n) is 4.81. The normalized spacial score (nSPS) is 11.3. The predicted molar refractivity (Wildman–Crippen MR) is 157 cm³/mol. The Hall–Kier alpha value is -5.89. The van der Waals surface area contributed by atoms with Gasteiger partial charge in [0, 0.05) is 11.1 Å². The number of aromatic nitrogens is 6. The third-order valence-electron chi connectivity index (χ3n) is 6.89. The van der Waals surface area contributed by atoms with E-state index in [1.807, 2.05) is 13.8 Å². The zero-order chi connectivity index (χ0) is 35.2. The Balaban J connectivity index is 0.000000201. The number of carbonyl (C=O) groups excluding carboxylic acids is 3. The molecule has 0 aliphatic heterocycles. The Kier molecular flexibility index (Phi) is 10.4. The van der Waals surface area contributed by atoms with E-state index in [0.29, 0.717) is 29.0 Å². The Labute approximate surface area is 267 Å². The zero-order valence-electron chi connectivity index (χ0n) is 25.3. The van der Waals surface area contributed by atoms with E-state index < -0.39 is 23.5 Å². The Morgan fingerprint density at radius 3 is 1.65 bits per heavy atom. The fourth-order valence-corrected chi connectivity index (χ4v) is 4.81. The zero-order valence-corrected chi connectivity index (χ0v) is 25.3. The lowest BCUT2D eigenvalue weighted by molar-refractivity contribution is -0.191. The molecule has 6 rings (SSSR count). The number of halogens is 6. The highest BCUT2D eigenvalue weighted by atomic mass is 19.4. The van der Waals surface area contributed by atoms with Crippen molar-refractivity contribution in [1.29, 1.82) is 0 Å². The van der Waals surface area contributed by atoms with Crippen molar-refractivity contribution in [3.8, 4) is 28.4 Å². The van der Waals surface area contributed by atoms with Gasteiger partial charge >= 0.3 is 18.5 Å². The molecule has 0 aliphatic rings. The number of ether oxygens (including phenoxy) is 1. The molecule has 4 heterocycles. The van der Waals surface area contributed by atoms with Crippen LogP contribution in [0.25, 0.3) is 33.8 Å². The van der Waals surface area contributed by atoms with Crippen molar-refractivity contribution in [3.63, 3.8) is 0 Å². The number of imidazole rings is 2. The molecular weight excluding hydrogens is 646 g/mol. The standard InChI is InChI=1S/C16H14F3N3.C15H10F3N3O2.CO2/c1-3-11-9-20-15-10(2)8-14(21-22(11)15)12-6-4-5-7-13(12)16(17,18)19;1-9-6-12(10-4-2-3-5-11(10)15(16,17)18)20-21-13(23-8-22)7-19-14(9)21;2-1-3/h4-9H,3H2,1-2H3;2-8H,1H3;. The van der Waals surface area contributed by atoms with E-state index in [0.717, 1.165) is 23.4 Å². The van der Waals surface area contributed by atoms with Crippen LogP contribution < -0.4 is 4.74 Å². The van der Waals surface area contributed by atoms with Crippen LogP contribution in [0.5, 0.6) is 5.88 Å². The molecule has 0 spiro atoms. The van der Waals surface area contributed by atoms with Crippen LogP contribution in [0.3, 0.4) is 0 Å². The van der Waals surface area contributed by atoms with Gasteiger partial charge in [-0.05, 0) is 55.7 Å². The molecule has 0 N–H and O–H groups in total. The maximum atomic E-state index is 13.2. The molecule has 248 valence electrons. The molecule has 0 bridgehead atoms. The number of hydrogen-bond donors (Lipinski definition) is 0. The van der Waals surface area contributed by atoms with Gasteiger partial charge < -0.3 is 4.74 Å². The molecule has 4 aromatic heterocycles. The van der Waals surface area contributed by atoms with Crippen LogP contribution in [0.15, 0.2) is 73.1 Å². The summed E-state index contributed by atoms with van der Waals surface area (Å²) in [7, 11) is 0. The minimum Gasteiger partial charge on any atom is -0.408 e. The maximum Gasteiger partial charge on any atom is 0.417 e. The second kappa shape index (κ2) is 14.3. The largest absolute Gasteiger partial charge is 0.417 e. The van der Waals surface area contributed by atoms with Crippen LogP contribution >= 0.6 is 0 Å². The van der Waals surface area contributed by atoms with Crippen LogP contribution in [0, 0.1) is 13.8 Å². The fraction of sp³-hybridized carbons (Fsp3) is 0.188. The number of nitrogens with zero attached hydrogens (tertiary/aromatic N) is 6. The van der Waals surface area contributed by atoms with Gasteiger partial charge in [0.25, 0.3) is 6.47 Å². The summed E-state index contributed by atoms with van der Waals surface area (Å²) in [5.41, 5.74) is 2.29. The van der Waals surface area contributed by atoms with E-state index in [1.165, 1.54) is 47.1 Å². The highest BCUT2D eigenvalue weighted by Gasteiger charge is 2.35. The third-order valence-corrected chi connectivity index (χ3v) is 6.89. The van der Waals surface area contributed by atoms with Gasteiger partial charge in [0.2, 0.25) is 5.88 Å². The summed E-state index contributed by atoms with van der Waals surface area (Å²) < 4.78 is 86.6. The molecule has 0 fully saturated rings. The summed E-state index contributed by atoms with van der Waals surface area (Å²) in [5, 5.41) is 8.49. The first-order valence-electron chi connectivity index (χ1n) is 13.9. The average Bonchev–Trinajstić information content (AvgIpc) is 3.66. The lowest BCUT2D eigenvalue weighted by Gasteiger charge is -2.13. The van der Waals surface area contributed by atoms with Crippen LogP contribution in [-0.4, -0.2) is 41.8 Å². The molecule has 0 radical (unpaired) electrons. The first-order valence-corrected chi connectivity index (χ1v) is 13.9. The first-order chi connectivity index (χ1) is 22.7. The molecule has 0 aliphatic carbocycles. The van der Waals surface area contributed by atoms with Gasteiger partial charge in [-0.1, -0.05) is 43.3 Å². The number of fused-ring (bicyclic) bond motifs is 2. The van der Waals surface area contributed by atoms with Gasteiger partial charge in [-0.3, -0.25) is 4.79 Å². The second-order valence-corrected chi connectivity index (χ2v) is 9.98. The molecule has 16 heteroatoms. The van der Waals surface area contributed by atoms with Gasteiger partial charge in [-0.2, -0.15) is 50.6 Å². The molecule has 0 saturated carbocycles. The predicted octanol–water partition coefficient (Wildman–Crippen LogP) is 6.96. The Bertz CT molecular complexity index is 2110. The first kappa shape index (κ1) is 35.0. The topological polar surface area (TPSA) is 121 Å². The van der Waals surface area contributed by atoms with Crippen LogP contribution in [0.2, 0.25) is 0 Å². The van der Waals surface area contributed by atoms with Gasteiger partial charge in [-0.25, -0.2) is 14.5 Å². The van der Waals surface area contributed by atoms with E-state index in [9.17, 15) is 31.1 Å². The van der Waals surface area contributed by atoms with Gasteiger partial charge in [0.05, 0.1) is 40.6 Å².